The van der Waals surface area contributed by atoms with E-state index in [1.54, 1.807) is 26.2 Å². The normalized spacial score (nSPS) is 19.8. The number of carbonyl (C=O) groups excluding carboxylic acids is 1. The van der Waals surface area contributed by atoms with Gasteiger partial charge in [0.15, 0.2) is 0 Å². The molecule has 286 valence electrons. The van der Waals surface area contributed by atoms with E-state index in [2.05, 4.69) is 31.9 Å². The van der Waals surface area contributed by atoms with E-state index in [9.17, 15) is 27.6 Å². The molecule has 1 spiro atoms. The number of methoxy groups -OCH3 is 1. The quantitative estimate of drug-likeness (QED) is 0.185. The van der Waals surface area contributed by atoms with Crippen molar-refractivity contribution in [3.8, 4) is 28.3 Å². The van der Waals surface area contributed by atoms with Crippen LogP contribution in [0.15, 0.2) is 58.1 Å². The highest BCUT2D eigenvalue weighted by atomic mass is 35.5. The van der Waals surface area contributed by atoms with Crippen molar-refractivity contribution in [1.82, 2.24) is 34.6 Å². The molecule has 3 aromatic heterocycles. The first kappa shape index (κ1) is 36.6. The Kier molecular flexibility index (Phi) is 8.91. The van der Waals surface area contributed by atoms with E-state index in [4.69, 9.17) is 21.3 Å². The zero-order chi connectivity index (χ0) is 39.0. The second-order valence-corrected chi connectivity index (χ2v) is 14.9. The van der Waals surface area contributed by atoms with Gasteiger partial charge in [0.05, 0.1) is 28.9 Å². The van der Waals surface area contributed by atoms with Gasteiger partial charge in [-0.2, -0.15) is 13.2 Å². The number of likely N-dealkylation sites (tertiary alicyclic amines) is 1. The number of rotatable bonds is 6. The number of nitrogens with one attached hydrogen (secondary N) is 3. The number of alkyl halides is 3. The summed E-state index contributed by atoms with van der Waals surface area (Å²) in [5.41, 5.74) is 2.61. The summed E-state index contributed by atoms with van der Waals surface area (Å²) in [5, 5.41) is 9.25. The molecule has 55 heavy (non-hydrogen) atoms. The van der Waals surface area contributed by atoms with E-state index in [1.165, 1.54) is 14.1 Å². The third-order valence-electron chi connectivity index (χ3n) is 11.3. The van der Waals surface area contributed by atoms with Crippen LogP contribution in [0.1, 0.15) is 47.7 Å². The molecule has 0 saturated carbocycles. The summed E-state index contributed by atoms with van der Waals surface area (Å²) in [4.78, 5) is 49.3. The van der Waals surface area contributed by atoms with E-state index in [0.29, 0.717) is 57.1 Å². The van der Waals surface area contributed by atoms with Crippen LogP contribution in [-0.4, -0.2) is 62.3 Å². The average molecular weight is 775 g/mol. The van der Waals surface area contributed by atoms with Crippen molar-refractivity contribution in [3.05, 3.63) is 96.8 Å². The first-order chi connectivity index (χ1) is 26.2. The molecule has 3 N–H and O–H groups in total. The molecular weight excluding hydrogens is 737 g/mol. The third-order valence-corrected chi connectivity index (χ3v) is 11.7. The Morgan fingerprint density at radius 3 is 2.49 bits per heavy atom. The number of carbonyl (C=O) groups is 1. The van der Waals surface area contributed by atoms with Crippen LogP contribution in [-0.2, 0) is 26.7 Å². The maximum Gasteiger partial charge on any atom is 0.433 e. The van der Waals surface area contributed by atoms with Crippen molar-refractivity contribution in [2.45, 2.75) is 50.4 Å². The molecule has 8 rings (SSSR count). The molecule has 2 amide bonds. The summed E-state index contributed by atoms with van der Waals surface area (Å²) in [6, 6.07) is 13.6. The molecule has 2 saturated heterocycles. The lowest BCUT2D eigenvalue weighted by Gasteiger charge is -2.36. The maximum atomic E-state index is 14.0. The van der Waals surface area contributed by atoms with E-state index in [1.807, 2.05) is 24.3 Å². The number of nitrogens with zero attached hydrogens (tertiary/aromatic N) is 5. The van der Waals surface area contributed by atoms with Gasteiger partial charge in [-0.25, -0.2) is 19.6 Å². The molecular formula is C39H38ClF3N8O4. The van der Waals surface area contributed by atoms with Gasteiger partial charge in [-0.05, 0) is 67.5 Å². The molecule has 2 aliphatic heterocycles. The predicted molar refractivity (Wildman–Crippen MR) is 203 cm³/mol. The summed E-state index contributed by atoms with van der Waals surface area (Å²) in [5.74, 6) is 0.192. The highest BCUT2D eigenvalue weighted by molar-refractivity contribution is 6.36. The van der Waals surface area contributed by atoms with Crippen LogP contribution in [0.25, 0.3) is 33.3 Å². The monoisotopic (exact) mass is 774 g/mol. The zero-order valence-corrected chi connectivity index (χ0v) is 31.3. The van der Waals surface area contributed by atoms with Crippen molar-refractivity contribution in [2.75, 3.05) is 32.1 Å². The average Bonchev–Trinajstić information content (AvgIpc) is 3.77. The van der Waals surface area contributed by atoms with Gasteiger partial charge < -0.3 is 20.7 Å². The number of ether oxygens (including phenoxy) is 1. The highest BCUT2D eigenvalue weighted by Gasteiger charge is 2.45. The molecule has 2 fully saturated rings. The maximum absolute atomic E-state index is 14.0. The van der Waals surface area contributed by atoms with Crippen LogP contribution in [0.2, 0.25) is 5.02 Å². The Morgan fingerprint density at radius 1 is 1.00 bits per heavy atom. The smallest absolute Gasteiger partial charge is 0.433 e. The molecule has 16 heteroatoms. The summed E-state index contributed by atoms with van der Waals surface area (Å²) < 4.78 is 49.8. The van der Waals surface area contributed by atoms with Gasteiger partial charge in [0, 0.05) is 62.1 Å². The second kappa shape index (κ2) is 13.4. The Morgan fingerprint density at radius 2 is 1.75 bits per heavy atom. The summed E-state index contributed by atoms with van der Waals surface area (Å²) in [6.07, 6.45) is -1.37. The molecule has 5 aromatic rings. The lowest BCUT2D eigenvalue weighted by Crippen LogP contribution is -2.59. The van der Waals surface area contributed by atoms with Gasteiger partial charge in [-0.1, -0.05) is 41.9 Å². The molecule has 0 radical (unpaired) electrons. The number of benzene rings is 2. The number of hydrogen-bond donors (Lipinski definition) is 3. The minimum atomic E-state index is -4.84. The number of aryl methyl sites for hydroxylation is 2. The second-order valence-electron chi connectivity index (χ2n) is 14.5. The Hall–Kier alpha value is -5.41. The fourth-order valence-electron chi connectivity index (χ4n) is 8.43. The van der Waals surface area contributed by atoms with Crippen molar-refractivity contribution in [1.29, 1.82) is 0 Å². The lowest BCUT2D eigenvalue weighted by molar-refractivity contribution is -0.141. The molecule has 12 nitrogen and oxygen atoms in total. The van der Waals surface area contributed by atoms with Crippen LogP contribution < -0.4 is 31.9 Å². The predicted octanol–water partition coefficient (Wildman–Crippen LogP) is 6.23. The van der Waals surface area contributed by atoms with E-state index < -0.39 is 23.1 Å². The van der Waals surface area contributed by atoms with Crippen LogP contribution >= 0.6 is 11.6 Å². The Balaban J connectivity index is 1.15. The fraction of sp³-hybridized carbons (Fsp3) is 0.359. The molecule has 0 bridgehead atoms. The minimum absolute atomic E-state index is 0.103. The molecule has 5 heterocycles. The molecule has 1 aliphatic carbocycles. The lowest BCUT2D eigenvalue weighted by atomic mass is 9.93. The number of aromatic nitrogens is 4. The van der Waals surface area contributed by atoms with Crippen molar-refractivity contribution >= 4 is 40.0 Å². The van der Waals surface area contributed by atoms with Crippen LogP contribution in [0.3, 0.4) is 0 Å². The van der Waals surface area contributed by atoms with Crippen LogP contribution in [0.4, 0.5) is 29.5 Å². The first-order valence-electron chi connectivity index (χ1n) is 17.9. The third kappa shape index (κ3) is 6.18. The molecule has 0 unspecified atom stereocenters. The summed E-state index contributed by atoms with van der Waals surface area (Å²) in [6.45, 7) is 4.06. The first-order valence-corrected chi connectivity index (χ1v) is 18.3. The zero-order valence-electron chi connectivity index (χ0n) is 30.5. The van der Waals surface area contributed by atoms with Gasteiger partial charge in [-0.3, -0.25) is 18.8 Å². The standard InChI is InChI=1S/C39H38ClF3N8O4/c1-20-22(7-6-10-25(20)45-33-31-28(18-29(47-33)39(41,42)43)49(2)37(54)50(3)35(31)52)23-8-5-9-24(32(23)40)26-17-21-11-12-27(30(21)34(46-26)55-4)51-16-14-38(19-51)13-15-44-36(53)48-38/h5-10,17-18,27H,11-16,19H2,1-4H3,(H,45,47)(H2,44,48,53)/t27-,38+/m0/s1. The summed E-state index contributed by atoms with van der Waals surface area (Å²) in [7, 11) is 4.17. The van der Waals surface area contributed by atoms with E-state index >= 15 is 0 Å². The topological polar surface area (TPSA) is 135 Å². The van der Waals surface area contributed by atoms with Gasteiger partial charge >= 0.3 is 17.9 Å². The number of pyridine rings is 2. The van der Waals surface area contributed by atoms with Gasteiger partial charge in [0.2, 0.25) is 5.88 Å². The van der Waals surface area contributed by atoms with Gasteiger partial charge in [0.1, 0.15) is 16.9 Å². The molecule has 3 aliphatic rings. The minimum Gasteiger partial charge on any atom is -0.481 e. The number of anilines is 2. The Bertz CT molecular complexity index is 2540. The van der Waals surface area contributed by atoms with Crippen LogP contribution in [0.5, 0.6) is 5.88 Å². The Labute approximate surface area is 318 Å². The van der Waals surface area contributed by atoms with E-state index in [0.717, 1.165) is 59.0 Å². The number of halogens is 4. The van der Waals surface area contributed by atoms with Crippen molar-refractivity contribution in [2.24, 2.45) is 14.1 Å². The largest absolute Gasteiger partial charge is 0.481 e. The number of urea groups is 1. The number of amides is 2. The van der Waals surface area contributed by atoms with Crippen LogP contribution in [0, 0.1) is 6.92 Å². The van der Waals surface area contributed by atoms with Gasteiger partial charge in [0.25, 0.3) is 5.56 Å². The highest BCUT2D eigenvalue weighted by Crippen LogP contribution is 2.47. The van der Waals surface area contributed by atoms with Crippen molar-refractivity contribution in [3.63, 3.8) is 0 Å². The SMILES string of the molecule is COc1nc(-c2cccc(-c3cccc(Nc4nc(C(F)(F)F)cc5c4c(=O)n(C)c(=O)n5C)c3C)c2Cl)cc2c1[C@@H](N1CC[C@]3(CCNC(=O)N3)C1)CC2. The summed E-state index contributed by atoms with van der Waals surface area (Å²) >= 11 is 7.19. The van der Waals surface area contributed by atoms with Crippen molar-refractivity contribution < 1.29 is 22.7 Å². The number of fused-ring (bicyclic) bond motifs is 2. The fourth-order valence-corrected chi connectivity index (χ4v) is 8.76. The molecule has 2 aromatic carbocycles. The number of hydrogen-bond acceptors (Lipinski definition) is 8. The molecule has 2 atom stereocenters. The van der Waals surface area contributed by atoms with Gasteiger partial charge in [-0.15, -0.1) is 0 Å². The van der Waals surface area contributed by atoms with E-state index in [-0.39, 0.29) is 34.3 Å².